The number of aliphatic hydroxyl groups excluding tert-OH is 1. The van der Waals surface area contributed by atoms with Crippen molar-refractivity contribution in [1.29, 1.82) is 0 Å². The molecule has 1 N–H and O–H groups in total. The van der Waals surface area contributed by atoms with Gasteiger partial charge in [-0.25, -0.2) is 0 Å². The molecule has 2 atom stereocenters. The summed E-state index contributed by atoms with van der Waals surface area (Å²) in [7, 11) is 7.42. The van der Waals surface area contributed by atoms with Crippen LogP contribution in [0, 0.1) is 5.92 Å². The Bertz CT molecular complexity index is 105. The third-order valence-corrected chi connectivity index (χ3v) is 3.75. The molecule has 0 aliphatic heterocycles. The van der Waals surface area contributed by atoms with Crippen molar-refractivity contribution < 1.29 is 9.84 Å². The topological polar surface area (TPSA) is 29.5 Å². The Hall–Kier alpha value is 1.14. The predicted molar refractivity (Wildman–Crippen MR) is 63.2 cm³/mol. The van der Waals surface area contributed by atoms with E-state index >= 15 is 0 Å². The minimum absolute atomic E-state index is 0.258. The van der Waals surface area contributed by atoms with Crippen LogP contribution in [0.25, 0.3) is 0 Å². The molecule has 0 aliphatic carbocycles. The summed E-state index contributed by atoms with van der Waals surface area (Å²) < 4.78 is 4.98. The van der Waals surface area contributed by atoms with Gasteiger partial charge in [0.2, 0.25) is 0 Å². The van der Waals surface area contributed by atoms with E-state index in [-0.39, 0.29) is 12.0 Å². The van der Waals surface area contributed by atoms with Gasteiger partial charge in [-0.1, -0.05) is 27.5 Å². The van der Waals surface area contributed by atoms with Crippen molar-refractivity contribution in [3.05, 3.63) is 0 Å². The fourth-order valence-electron chi connectivity index (χ4n) is 1.04. The van der Waals surface area contributed by atoms with Crippen molar-refractivity contribution in [3.8, 4) is 0 Å². The largest absolute Gasteiger partial charge is 0.396 e. The summed E-state index contributed by atoms with van der Waals surface area (Å²) in [5.41, 5.74) is -0.365. The molecule has 12 heavy (non-hydrogen) atoms. The van der Waals surface area contributed by atoms with Gasteiger partial charge in [-0.05, 0) is 24.9 Å². The van der Waals surface area contributed by atoms with Gasteiger partial charge in [0.1, 0.15) is 7.57 Å². The first kappa shape index (κ1) is 13.1. The highest BCUT2D eigenvalue weighted by Crippen LogP contribution is 2.42. The second-order valence-corrected chi connectivity index (χ2v) is 7.62. The second-order valence-electron chi connectivity index (χ2n) is 2.74. The van der Waals surface area contributed by atoms with Crippen LogP contribution in [0.2, 0.25) is 0 Å². The number of hydrogen-bond donors (Lipinski definition) is 1. The molecule has 0 saturated heterocycles. The van der Waals surface area contributed by atoms with Gasteiger partial charge in [0, 0.05) is 20.3 Å². The molecule has 0 fully saturated rings. The molecular formula is C7H15BIO2P. The van der Waals surface area contributed by atoms with E-state index in [9.17, 15) is 0 Å². The molecule has 0 aliphatic rings. The van der Waals surface area contributed by atoms with Crippen LogP contribution in [-0.4, -0.2) is 39.2 Å². The second kappa shape index (κ2) is 8.73. The van der Waals surface area contributed by atoms with Crippen LogP contribution in [0.1, 0.15) is 12.8 Å². The molecule has 0 rings (SSSR count). The first-order valence-corrected chi connectivity index (χ1v) is 8.36. The lowest BCUT2D eigenvalue weighted by molar-refractivity contribution is 0.170. The fraction of sp³-hybridized carbons (Fsp3) is 1.00. The first-order valence-electron chi connectivity index (χ1n) is 3.98. The van der Waals surface area contributed by atoms with E-state index in [0.29, 0.717) is 5.92 Å². The van der Waals surface area contributed by atoms with Gasteiger partial charge >= 0.3 is 0 Å². The Morgan fingerprint density at radius 3 is 2.67 bits per heavy atom. The maximum absolute atomic E-state index is 8.77. The Kier molecular flexibility index (Phi) is 9.56. The summed E-state index contributed by atoms with van der Waals surface area (Å²) in [6.07, 6.45) is 2.89. The van der Waals surface area contributed by atoms with Gasteiger partial charge in [-0.3, -0.25) is 0 Å². The van der Waals surface area contributed by atoms with Crippen LogP contribution in [0.15, 0.2) is 0 Å². The molecule has 70 valence electrons. The van der Waals surface area contributed by atoms with E-state index in [2.05, 4.69) is 22.0 Å². The zero-order chi connectivity index (χ0) is 9.40. The van der Waals surface area contributed by atoms with E-state index < -0.39 is 0 Å². The van der Waals surface area contributed by atoms with Crippen LogP contribution in [0.5, 0.6) is 0 Å². The van der Waals surface area contributed by atoms with Gasteiger partial charge in [0.05, 0.1) is 0 Å². The Morgan fingerprint density at radius 1 is 1.58 bits per heavy atom. The number of rotatable bonds is 7. The molecule has 0 heterocycles. The molecule has 0 aromatic rings. The van der Waals surface area contributed by atoms with E-state index in [1.54, 1.807) is 7.11 Å². The van der Waals surface area contributed by atoms with E-state index in [4.69, 9.17) is 17.4 Å². The predicted octanol–water partition coefficient (Wildman–Crippen LogP) is 1.94. The van der Waals surface area contributed by atoms with Crippen molar-refractivity contribution in [1.82, 2.24) is 0 Å². The molecule has 0 amide bonds. The maximum Gasteiger partial charge on any atom is 0.123 e. The quantitative estimate of drug-likeness (QED) is 0.442. The number of ether oxygens (including phenoxy) is 1. The standard InChI is InChI=1S/C7H15BIO2P/c1-11-5-3-7(2-4-10)6-12(8)9/h7,10H,2-6H2,1H3. The molecule has 2 nitrogen and oxygen atoms in total. The molecular weight excluding hydrogens is 285 g/mol. The highest BCUT2D eigenvalue weighted by Gasteiger charge is 2.09. The summed E-state index contributed by atoms with van der Waals surface area (Å²) in [6.45, 7) is 1.03. The number of halogens is 1. The van der Waals surface area contributed by atoms with Gasteiger partial charge in [0.15, 0.2) is 0 Å². The van der Waals surface area contributed by atoms with Crippen molar-refractivity contribution in [3.63, 3.8) is 0 Å². The lowest BCUT2D eigenvalue weighted by Crippen LogP contribution is -2.09. The Balaban J connectivity index is 3.54. The van der Waals surface area contributed by atoms with Crippen LogP contribution in [-0.2, 0) is 4.74 Å². The van der Waals surface area contributed by atoms with Gasteiger partial charge in [0.25, 0.3) is 0 Å². The summed E-state index contributed by atoms with van der Waals surface area (Å²) in [5.74, 6) is 0.531. The van der Waals surface area contributed by atoms with Gasteiger partial charge < -0.3 is 9.84 Å². The van der Waals surface area contributed by atoms with Crippen LogP contribution in [0.4, 0.5) is 0 Å². The van der Waals surface area contributed by atoms with Crippen molar-refractivity contribution in [2.75, 3.05) is 26.5 Å². The van der Waals surface area contributed by atoms with Crippen molar-refractivity contribution in [2.24, 2.45) is 5.92 Å². The summed E-state index contributed by atoms with van der Waals surface area (Å²) in [6, 6.07) is 0. The third kappa shape index (κ3) is 7.78. The van der Waals surface area contributed by atoms with E-state index in [1.807, 2.05) is 0 Å². The lowest BCUT2D eigenvalue weighted by Gasteiger charge is -2.16. The zero-order valence-corrected chi connectivity index (χ0v) is 10.4. The highest BCUT2D eigenvalue weighted by molar-refractivity contribution is 14.2. The minimum Gasteiger partial charge on any atom is -0.396 e. The third-order valence-electron chi connectivity index (χ3n) is 1.70. The molecule has 0 aromatic heterocycles. The fourth-order valence-corrected chi connectivity index (χ4v) is 3.57. The molecule has 0 aromatic carbocycles. The molecule has 0 saturated carbocycles. The molecule has 2 radical (unpaired) electrons. The number of methoxy groups -OCH3 is 1. The maximum atomic E-state index is 8.77. The monoisotopic (exact) mass is 300 g/mol. The molecule has 0 bridgehead atoms. The molecule has 2 unspecified atom stereocenters. The summed E-state index contributed by atoms with van der Waals surface area (Å²) in [5, 5.41) is 8.77. The van der Waals surface area contributed by atoms with Crippen LogP contribution < -0.4 is 0 Å². The summed E-state index contributed by atoms with van der Waals surface area (Å²) in [4.78, 5) is 0. The lowest BCUT2D eigenvalue weighted by atomic mass is 10.1. The molecule has 0 spiro atoms. The SMILES string of the molecule is [B]P(I)CC(CCO)CCOC. The molecule has 5 heteroatoms. The Morgan fingerprint density at radius 2 is 2.25 bits per heavy atom. The first-order chi connectivity index (χ1) is 5.70. The van der Waals surface area contributed by atoms with Crippen molar-refractivity contribution >= 4 is 35.0 Å². The average Bonchev–Trinajstić information content (AvgIpc) is 2.00. The smallest absolute Gasteiger partial charge is 0.123 e. The summed E-state index contributed by atoms with van der Waals surface area (Å²) >= 11 is 2.27. The highest BCUT2D eigenvalue weighted by atomic mass is 127. The Labute approximate surface area is 90.1 Å². The zero-order valence-electron chi connectivity index (χ0n) is 7.37. The van der Waals surface area contributed by atoms with Crippen LogP contribution in [0.3, 0.4) is 0 Å². The van der Waals surface area contributed by atoms with Gasteiger partial charge in [-0.15, -0.1) is 0 Å². The number of hydrogen-bond acceptors (Lipinski definition) is 2. The normalized spacial score (nSPS) is 15.9. The van der Waals surface area contributed by atoms with E-state index in [0.717, 1.165) is 25.6 Å². The average molecular weight is 300 g/mol. The van der Waals surface area contributed by atoms with Crippen LogP contribution >= 0.6 is 27.5 Å². The van der Waals surface area contributed by atoms with E-state index in [1.165, 1.54) is 0 Å². The number of aliphatic hydroxyl groups is 1. The van der Waals surface area contributed by atoms with Gasteiger partial charge in [-0.2, -0.15) is 0 Å². The minimum atomic E-state index is -0.365. The van der Waals surface area contributed by atoms with Crippen molar-refractivity contribution in [2.45, 2.75) is 12.8 Å².